The third kappa shape index (κ3) is 4.18. The first-order valence-corrected chi connectivity index (χ1v) is 4.66. The Morgan fingerprint density at radius 3 is 2.08 bits per heavy atom. The van der Waals surface area contributed by atoms with Crippen LogP contribution in [0, 0.1) is 23.2 Å². The van der Waals surface area contributed by atoms with E-state index >= 15 is 0 Å². The zero-order valence-electron chi connectivity index (χ0n) is 8.59. The summed E-state index contributed by atoms with van der Waals surface area (Å²) in [6.07, 6.45) is 3.77. The first kappa shape index (κ1) is 11.2. The number of hydrogen-bond donors (Lipinski definition) is 0. The lowest BCUT2D eigenvalue weighted by atomic mass is 9.91. The fraction of sp³-hybridized carbons (Fsp3) is 0.727. The summed E-state index contributed by atoms with van der Waals surface area (Å²) < 4.78 is 0. The zero-order valence-corrected chi connectivity index (χ0v) is 8.59. The van der Waals surface area contributed by atoms with Gasteiger partial charge in [0, 0.05) is 6.42 Å². The van der Waals surface area contributed by atoms with E-state index in [0.717, 1.165) is 6.42 Å². The second-order valence-electron chi connectivity index (χ2n) is 3.71. The molecule has 0 atom stereocenters. The van der Waals surface area contributed by atoms with Crippen LogP contribution in [0.1, 0.15) is 40.5 Å². The summed E-state index contributed by atoms with van der Waals surface area (Å²) in [4.78, 5) is 0. The zero-order chi connectivity index (χ0) is 9.56. The molecule has 0 unspecified atom stereocenters. The van der Waals surface area contributed by atoms with Crippen LogP contribution in [0.25, 0.3) is 0 Å². The Morgan fingerprint density at radius 1 is 1.25 bits per heavy atom. The van der Waals surface area contributed by atoms with Gasteiger partial charge in [-0.25, -0.2) is 0 Å². The van der Waals surface area contributed by atoms with Gasteiger partial charge in [-0.2, -0.15) is 5.26 Å². The van der Waals surface area contributed by atoms with Crippen LogP contribution in [0.4, 0.5) is 0 Å². The van der Waals surface area contributed by atoms with Crippen molar-refractivity contribution >= 4 is 0 Å². The fourth-order valence-corrected chi connectivity index (χ4v) is 1.44. The average Bonchev–Trinajstić information content (AvgIpc) is 1.96. The molecule has 0 spiro atoms. The topological polar surface area (TPSA) is 23.8 Å². The maximum absolute atomic E-state index is 8.38. The van der Waals surface area contributed by atoms with Gasteiger partial charge < -0.3 is 0 Å². The van der Waals surface area contributed by atoms with Gasteiger partial charge in [0.15, 0.2) is 0 Å². The molecule has 0 aliphatic carbocycles. The molecular formula is C11H19N. The predicted octanol–water partition coefficient (Wildman–Crippen LogP) is 3.53. The standard InChI is InChI=1S/C11H19N/c1-9(2)11(10(3)4)7-5-6-8-12/h7,9-10H,5-6H2,1-4H3. The van der Waals surface area contributed by atoms with Crippen molar-refractivity contribution in [3.05, 3.63) is 11.6 Å². The monoisotopic (exact) mass is 165 g/mol. The summed E-state index contributed by atoms with van der Waals surface area (Å²) in [7, 11) is 0. The minimum absolute atomic E-state index is 0.615. The third-order valence-electron chi connectivity index (χ3n) is 1.97. The summed E-state index contributed by atoms with van der Waals surface area (Å²) in [5, 5.41) is 8.38. The average molecular weight is 165 g/mol. The van der Waals surface area contributed by atoms with Crippen molar-refractivity contribution in [2.24, 2.45) is 11.8 Å². The molecule has 0 N–H and O–H groups in total. The van der Waals surface area contributed by atoms with Crippen molar-refractivity contribution in [1.29, 1.82) is 5.26 Å². The van der Waals surface area contributed by atoms with Gasteiger partial charge in [0.05, 0.1) is 6.07 Å². The van der Waals surface area contributed by atoms with Crippen LogP contribution in [-0.2, 0) is 0 Å². The highest BCUT2D eigenvalue weighted by Gasteiger charge is 2.06. The van der Waals surface area contributed by atoms with Crippen LogP contribution in [0.5, 0.6) is 0 Å². The molecule has 0 fully saturated rings. The Hall–Kier alpha value is -0.770. The van der Waals surface area contributed by atoms with E-state index in [-0.39, 0.29) is 0 Å². The SMILES string of the molecule is CC(C)C(=CCCC#N)C(C)C. The molecule has 0 saturated heterocycles. The number of nitrogens with zero attached hydrogens (tertiary/aromatic N) is 1. The number of hydrogen-bond acceptors (Lipinski definition) is 1. The van der Waals surface area contributed by atoms with E-state index in [2.05, 4.69) is 39.8 Å². The Morgan fingerprint density at radius 2 is 1.75 bits per heavy atom. The van der Waals surface area contributed by atoms with Crippen molar-refractivity contribution < 1.29 is 0 Å². The quantitative estimate of drug-likeness (QED) is 0.462. The van der Waals surface area contributed by atoms with Gasteiger partial charge in [-0.15, -0.1) is 0 Å². The predicted molar refractivity (Wildman–Crippen MR) is 52.6 cm³/mol. The summed E-state index contributed by atoms with van der Waals surface area (Å²) in [5.41, 5.74) is 1.48. The maximum Gasteiger partial charge on any atom is 0.0625 e. The molecule has 0 aromatic heterocycles. The van der Waals surface area contributed by atoms with Gasteiger partial charge in [0.25, 0.3) is 0 Å². The van der Waals surface area contributed by atoms with Crippen molar-refractivity contribution in [1.82, 2.24) is 0 Å². The van der Waals surface area contributed by atoms with Crippen LogP contribution >= 0.6 is 0 Å². The molecule has 0 aliphatic heterocycles. The molecule has 0 saturated carbocycles. The fourth-order valence-electron chi connectivity index (χ4n) is 1.44. The van der Waals surface area contributed by atoms with E-state index in [9.17, 15) is 0 Å². The molecule has 1 heteroatoms. The van der Waals surface area contributed by atoms with Crippen molar-refractivity contribution in [2.75, 3.05) is 0 Å². The van der Waals surface area contributed by atoms with Crippen molar-refractivity contribution in [3.8, 4) is 6.07 Å². The lowest BCUT2D eigenvalue weighted by Gasteiger charge is -2.14. The van der Waals surface area contributed by atoms with Crippen molar-refractivity contribution in [3.63, 3.8) is 0 Å². The van der Waals surface area contributed by atoms with Gasteiger partial charge in [0.2, 0.25) is 0 Å². The summed E-state index contributed by atoms with van der Waals surface area (Å²) in [5.74, 6) is 1.23. The number of nitriles is 1. The Kier molecular flexibility index (Phi) is 5.45. The second kappa shape index (κ2) is 5.83. The maximum atomic E-state index is 8.38. The van der Waals surface area contributed by atoms with Crippen LogP contribution in [0.2, 0.25) is 0 Å². The van der Waals surface area contributed by atoms with Gasteiger partial charge in [-0.05, 0) is 18.3 Å². The Labute approximate surface area is 76.1 Å². The summed E-state index contributed by atoms with van der Waals surface area (Å²) >= 11 is 0. The molecule has 0 bridgehead atoms. The largest absolute Gasteiger partial charge is 0.198 e. The highest BCUT2D eigenvalue weighted by molar-refractivity contribution is 5.07. The normalized spacial score (nSPS) is 10.1. The lowest BCUT2D eigenvalue weighted by molar-refractivity contribution is 0.620. The second-order valence-corrected chi connectivity index (χ2v) is 3.71. The lowest BCUT2D eigenvalue weighted by Crippen LogP contribution is -2.01. The molecule has 0 aromatic rings. The third-order valence-corrected chi connectivity index (χ3v) is 1.97. The van der Waals surface area contributed by atoms with Gasteiger partial charge in [-0.1, -0.05) is 39.3 Å². The first-order valence-electron chi connectivity index (χ1n) is 4.66. The van der Waals surface area contributed by atoms with E-state index in [0.29, 0.717) is 18.3 Å². The molecule has 0 radical (unpaired) electrons. The summed E-state index contributed by atoms with van der Waals surface area (Å²) in [6, 6.07) is 2.16. The van der Waals surface area contributed by atoms with E-state index in [1.165, 1.54) is 5.57 Å². The van der Waals surface area contributed by atoms with E-state index in [4.69, 9.17) is 5.26 Å². The molecular weight excluding hydrogens is 146 g/mol. The molecule has 12 heavy (non-hydrogen) atoms. The van der Waals surface area contributed by atoms with Crippen LogP contribution < -0.4 is 0 Å². The molecule has 0 heterocycles. The highest BCUT2D eigenvalue weighted by atomic mass is 14.2. The smallest absolute Gasteiger partial charge is 0.0625 e. The van der Waals surface area contributed by atoms with E-state index in [1.54, 1.807) is 0 Å². The van der Waals surface area contributed by atoms with Crippen LogP contribution in [0.15, 0.2) is 11.6 Å². The number of rotatable bonds is 4. The van der Waals surface area contributed by atoms with Gasteiger partial charge in [-0.3, -0.25) is 0 Å². The molecule has 1 nitrogen and oxygen atoms in total. The molecule has 68 valence electrons. The number of allylic oxidation sites excluding steroid dienone is 2. The van der Waals surface area contributed by atoms with E-state index < -0.39 is 0 Å². The Balaban J connectivity index is 4.12. The molecule has 0 aromatic carbocycles. The molecule has 0 rings (SSSR count). The molecule has 0 aliphatic rings. The minimum Gasteiger partial charge on any atom is -0.198 e. The van der Waals surface area contributed by atoms with Gasteiger partial charge >= 0.3 is 0 Å². The molecule has 0 amide bonds. The van der Waals surface area contributed by atoms with Crippen molar-refractivity contribution in [2.45, 2.75) is 40.5 Å². The first-order chi connectivity index (χ1) is 5.59. The van der Waals surface area contributed by atoms with Gasteiger partial charge in [0.1, 0.15) is 0 Å². The van der Waals surface area contributed by atoms with Crippen LogP contribution in [0.3, 0.4) is 0 Å². The highest BCUT2D eigenvalue weighted by Crippen LogP contribution is 2.19. The summed E-state index contributed by atoms with van der Waals surface area (Å²) in [6.45, 7) is 8.83. The van der Waals surface area contributed by atoms with Crippen LogP contribution in [-0.4, -0.2) is 0 Å². The minimum atomic E-state index is 0.615. The van der Waals surface area contributed by atoms with E-state index in [1.807, 2.05) is 0 Å². The Bertz CT molecular complexity index is 172. The number of unbranched alkanes of at least 4 members (excludes halogenated alkanes) is 1.